The highest BCUT2D eigenvalue weighted by atomic mass is 16.7. The van der Waals surface area contributed by atoms with Gasteiger partial charge in [0.2, 0.25) is 5.91 Å². The molecule has 5 saturated carbocycles. The Kier molecular flexibility index (Phi) is 7.89. The average Bonchev–Trinajstić information content (AvgIpc) is 3.56. The van der Waals surface area contributed by atoms with Gasteiger partial charge in [0.15, 0.2) is 6.29 Å². The second kappa shape index (κ2) is 10.9. The van der Waals surface area contributed by atoms with E-state index in [1.807, 2.05) is 4.90 Å². The molecule has 0 aromatic rings. The fraction of sp³-hybridized carbons (Fsp3) is 0.973. The third-order valence-corrected chi connectivity index (χ3v) is 15.1. The third kappa shape index (κ3) is 4.70. The van der Waals surface area contributed by atoms with E-state index in [1.165, 1.54) is 38.5 Å². The molecule has 7 nitrogen and oxygen atoms in total. The summed E-state index contributed by atoms with van der Waals surface area (Å²) in [4.78, 5) is 14.7. The fourth-order valence-corrected chi connectivity index (χ4v) is 12.8. The van der Waals surface area contributed by atoms with Crippen molar-refractivity contribution >= 4 is 5.91 Å². The van der Waals surface area contributed by atoms with Crippen LogP contribution >= 0.6 is 0 Å². The van der Waals surface area contributed by atoms with Gasteiger partial charge in [-0.05, 0) is 130 Å². The minimum Gasteiger partial charge on any atom is -0.388 e. The number of ether oxygens (including phenoxy) is 3. The second-order valence-electron chi connectivity index (χ2n) is 17.8. The highest BCUT2D eigenvalue weighted by Gasteiger charge is 2.80. The Labute approximate surface area is 266 Å². The van der Waals surface area contributed by atoms with Crippen molar-refractivity contribution in [1.29, 1.82) is 0 Å². The molecule has 7 fully saturated rings. The predicted octanol–water partition coefficient (Wildman–Crippen LogP) is 6.09. The summed E-state index contributed by atoms with van der Waals surface area (Å²) in [5, 5.41) is 21.3. The summed E-state index contributed by atoms with van der Waals surface area (Å²) in [7, 11) is 0. The molecule has 250 valence electrons. The van der Waals surface area contributed by atoms with Crippen LogP contribution in [-0.2, 0) is 19.0 Å². The van der Waals surface area contributed by atoms with Gasteiger partial charge in [-0.15, -0.1) is 0 Å². The molecule has 2 spiro atoms. The lowest BCUT2D eigenvalue weighted by Crippen LogP contribution is -2.56. The van der Waals surface area contributed by atoms with E-state index in [1.54, 1.807) is 13.8 Å². The molecule has 2 heterocycles. The van der Waals surface area contributed by atoms with Crippen LogP contribution in [0.15, 0.2) is 0 Å². The zero-order chi connectivity index (χ0) is 31.3. The number of aliphatic hydroxyl groups excluding tert-OH is 1. The van der Waals surface area contributed by atoms with Gasteiger partial charge < -0.3 is 29.3 Å². The maximum absolute atomic E-state index is 12.7. The zero-order valence-electron chi connectivity index (χ0n) is 28.5. The number of nitrogens with zero attached hydrogens (tertiary/aromatic N) is 1. The van der Waals surface area contributed by atoms with Gasteiger partial charge in [-0.25, -0.2) is 0 Å². The quantitative estimate of drug-likeness (QED) is 0.361. The maximum Gasteiger partial charge on any atom is 0.222 e. The van der Waals surface area contributed by atoms with Crippen molar-refractivity contribution < 1.29 is 29.2 Å². The molecule has 44 heavy (non-hydrogen) atoms. The molecular formula is C37H61NO6. The van der Waals surface area contributed by atoms with E-state index in [9.17, 15) is 15.0 Å². The van der Waals surface area contributed by atoms with E-state index in [0.717, 1.165) is 44.4 Å². The van der Waals surface area contributed by atoms with Gasteiger partial charge in [-0.2, -0.15) is 0 Å². The molecule has 7 rings (SSSR count). The van der Waals surface area contributed by atoms with Crippen molar-refractivity contribution in [1.82, 2.24) is 4.90 Å². The topological polar surface area (TPSA) is 88.5 Å². The molecule has 2 aliphatic heterocycles. The van der Waals surface area contributed by atoms with E-state index in [2.05, 4.69) is 27.7 Å². The number of carbonyl (C=O) groups is 1. The van der Waals surface area contributed by atoms with Crippen LogP contribution in [-0.4, -0.2) is 77.0 Å². The molecule has 8 unspecified atom stereocenters. The summed E-state index contributed by atoms with van der Waals surface area (Å²) in [6.45, 7) is 14.9. The molecular weight excluding hydrogens is 554 g/mol. The standard InChI is InChI=1S/C37H61NO6/c1-7-8-9-30(39)38-18-19-42-31(21-38)44-29-14-15-37-22-36(37)17-16-35(6)24-10-12-26(32(40)34(4,5)41)43-27(24)20-25(35)23(36)11-13-28(37)33(29,2)3/h23-29,31-32,40-41H,7-22H2,1-6H3/t23?,24?,25?,26?,27?,28?,29-,31?,32-,35?,36-,37+/m0/s1. The summed E-state index contributed by atoms with van der Waals surface area (Å²) in [6.07, 6.45) is 13.7. The minimum absolute atomic E-state index is 0.0819. The molecule has 0 aromatic heterocycles. The zero-order valence-corrected chi connectivity index (χ0v) is 28.5. The molecule has 7 heteroatoms. The molecule has 0 aromatic carbocycles. The van der Waals surface area contributed by atoms with Gasteiger partial charge in [0.25, 0.3) is 0 Å². The van der Waals surface area contributed by atoms with Crippen molar-refractivity contribution in [2.45, 2.75) is 161 Å². The Balaban J connectivity index is 1.03. The number of unbranched alkanes of at least 4 members (excludes halogenated alkanes) is 1. The number of fused-ring (bicyclic) bond motifs is 4. The number of carbonyl (C=O) groups excluding carboxylic acids is 1. The van der Waals surface area contributed by atoms with Crippen LogP contribution in [0.2, 0.25) is 0 Å². The minimum atomic E-state index is -1.14. The van der Waals surface area contributed by atoms with Crippen LogP contribution in [0.4, 0.5) is 0 Å². The summed E-state index contributed by atoms with van der Waals surface area (Å²) in [5.41, 5.74) is 0.199. The number of amides is 1. The van der Waals surface area contributed by atoms with Gasteiger partial charge in [-0.3, -0.25) is 4.79 Å². The van der Waals surface area contributed by atoms with Crippen molar-refractivity contribution in [2.24, 2.45) is 45.3 Å². The van der Waals surface area contributed by atoms with E-state index in [0.29, 0.717) is 60.1 Å². The highest BCUT2D eigenvalue weighted by molar-refractivity contribution is 5.76. The van der Waals surface area contributed by atoms with E-state index < -0.39 is 11.7 Å². The van der Waals surface area contributed by atoms with Crippen molar-refractivity contribution in [3.63, 3.8) is 0 Å². The SMILES string of the molecule is CCCCC(=O)N1CCOC(O[C@H]2CC[C@]34C[C@]35CCC3(C)C6CCC([C@H](O)C(C)(C)O)OC6CC3C5CCC4C2(C)C)C1. The average molecular weight is 616 g/mol. The number of aliphatic hydroxyl groups is 2. The van der Waals surface area contributed by atoms with Gasteiger partial charge in [0, 0.05) is 13.0 Å². The molecule has 7 aliphatic rings. The van der Waals surface area contributed by atoms with Crippen LogP contribution in [0.3, 0.4) is 0 Å². The number of hydrogen-bond donors (Lipinski definition) is 2. The van der Waals surface area contributed by atoms with Crippen LogP contribution in [0.25, 0.3) is 0 Å². The van der Waals surface area contributed by atoms with Gasteiger partial charge >= 0.3 is 0 Å². The smallest absolute Gasteiger partial charge is 0.222 e. The first-order valence-electron chi connectivity index (χ1n) is 18.4. The lowest BCUT2D eigenvalue weighted by molar-refractivity contribution is -0.244. The summed E-state index contributed by atoms with van der Waals surface area (Å²) < 4.78 is 19.6. The molecule has 2 saturated heterocycles. The first-order valence-corrected chi connectivity index (χ1v) is 18.4. The summed E-state index contributed by atoms with van der Waals surface area (Å²) in [5.74, 6) is 2.98. The second-order valence-corrected chi connectivity index (χ2v) is 17.8. The Morgan fingerprint density at radius 1 is 1.02 bits per heavy atom. The van der Waals surface area contributed by atoms with Crippen molar-refractivity contribution in [3.05, 3.63) is 0 Å². The van der Waals surface area contributed by atoms with E-state index in [4.69, 9.17) is 14.2 Å². The van der Waals surface area contributed by atoms with Gasteiger partial charge in [-0.1, -0.05) is 34.1 Å². The molecule has 12 atom stereocenters. The molecule has 1 amide bonds. The van der Waals surface area contributed by atoms with Crippen molar-refractivity contribution in [3.8, 4) is 0 Å². The lowest BCUT2D eigenvalue weighted by atomic mass is 9.46. The molecule has 2 N–H and O–H groups in total. The van der Waals surface area contributed by atoms with E-state index in [-0.39, 0.29) is 35.9 Å². The Morgan fingerprint density at radius 2 is 1.80 bits per heavy atom. The van der Waals surface area contributed by atoms with Gasteiger partial charge in [0.1, 0.15) is 6.10 Å². The molecule has 0 radical (unpaired) electrons. The number of rotatable bonds is 7. The number of hydrogen-bond acceptors (Lipinski definition) is 6. The largest absolute Gasteiger partial charge is 0.388 e. The molecule has 5 aliphatic carbocycles. The van der Waals surface area contributed by atoms with Gasteiger partial charge in [0.05, 0.1) is 37.1 Å². The Morgan fingerprint density at radius 3 is 2.55 bits per heavy atom. The van der Waals surface area contributed by atoms with Crippen LogP contribution in [0, 0.1) is 45.3 Å². The fourth-order valence-electron chi connectivity index (χ4n) is 12.8. The molecule has 0 bridgehead atoms. The predicted molar refractivity (Wildman–Crippen MR) is 169 cm³/mol. The van der Waals surface area contributed by atoms with Crippen molar-refractivity contribution in [2.75, 3.05) is 19.7 Å². The Hall–Kier alpha value is -0.730. The van der Waals surface area contributed by atoms with Crippen LogP contribution in [0.1, 0.15) is 125 Å². The Bertz CT molecular complexity index is 1100. The summed E-state index contributed by atoms with van der Waals surface area (Å²) >= 11 is 0. The monoisotopic (exact) mass is 615 g/mol. The third-order valence-electron chi connectivity index (χ3n) is 15.1. The van der Waals surface area contributed by atoms with Crippen LogP contribution in [0.5, 0.6) is 0 Å². The first-order chi connectivity index (χ1) is 20.8. The van der Waals surface area contributed by atoms with Crippen LogP contribution < -0.4 is 0 Å². The summed E-state index contributed by atoms with van der Waals surface area (Å²) in [6, 6.07) is 0. The normalized spacial score (nSPS) is 48.3. The lowest BCUT2D eigenvalue weighted by Gasteiger charge is -2.60. The first kappa shape index (κ1) is 31.8. The highest BCUT2D eigenvalue weighted by Crippen LogP contribution is 2.87. The maximum atomic E-state index is 12.7. The number of morpholine rings is 1. The van der Waals surface area contributed by atoms with E-state index >= 15 is 0 Å².